The maximum Gasteiger partial charge on any atom is 0.116 e. The van der Waals surface area contributed by atoms with E-state index in [0.717, 1.165) is 27.8 Å². The molecular weight excluding hydrogens is 282 g/mol. The largest absolute Gasteiger partial charge is 0.252 e. The molecule has 3 aromatic rings. The molecule has 0 radical (unpaired) electrons. The zero-order chi connectivity index (χ0) is 11.8. The van der Waals surface area contributed by atoms with E-state index in [4.69, 9.17) is 0 Å². The molecule has 0 atom stereocenters. The number of nitrogens with zero attached hydrogens (tertiary/aromatic N) is 5. The molecule has 0 bridgehead atoms. The molecule has 3 heterocycles. The first kappa shape index (κ1) is 10.5. The maximum absolute atomic E-state index is 4.29. The summed E-state index contributed by atoms with van der Waals surface area (Å²) in [6.07, 6.45) is 5.65. The van der Waals surface area contributed by atoms with Crippen molar-refractivity contribution in [2.24, 2.45) is 0 Å². The highest BCUT2D eigenvalue weighted by molar-refractivity contribution is 9.10. The predicted octanol–water partition coefficient (Wildman–Crippen LogP) is 2.38. The number of pyridine rings is 1. The van der Waals surface area contributed by atoms with Gasteiger partial charge in [-0.05, 0) is 19.1 Å². The van der Waals surface area contributed by atoms with Crippen LogP contribution in [0.15, 0.2) is 35.2 Å². The molecule has 86 valence electrons. The molecule has 17 heavy (non-hydrogen) atoms. The highest BCUT2D eigenvalue weighted by atomic mass is 79.9. The summed E-state index contributed by atoms with van der Waals surface area (Å²) in [6.45, 7) is 2.85. The Morgan fingerprint density at radius 3 is 3.06 bits per heavy atom. The van der Waals surface area contributed by atoms with Crippen LogP contribution in [-0.4, -0.2) is 24.6 Å². The number of aryl methyl sites for hydroxylation is 1. The Morgan fingerprint density at radius 1 is 1.41 bits per heavy atom. The lowest BCUT2D eigenvalue weighted by Gasteiger charge is -1.95. The first-order chi connectivity index (χ1) is 8.28. The predicted molar refractivity (Wildman–Crippen MR) is 67.6 cm³/mol. The Hall–Kier alpha value is -1.69. The quantitative estimate of drug-likeness (QED) is 0.728. The van der Waals surface area contributed by atoms with Crippen molar-refractivity contribution in [3.8, 4) is 11.3 Å². The molecule has 6 heteroatoms. The topological polar surface area (TPSA) is 48.0 Å². The minimum atomic E-state index is 0.815. The van der Waals surface area contributed by atoms with E-state index >= 15 is 0 Å². The van der Waals surface area contributed by atoms with Gasteiger partial charge in [0.25, 0.3) is 0 Å². The average Bonchev–Trinajstić information content (AvgIpc) is 2.93. The summed E-state index contributed by atoms with van der Waals surface area (Å²) >= 11 is 3.46. The van der Waals surface area contributed by atoms with Crippen molar-refractivity contribution in [2.45, 2.75) is 13.5 Å². The van der Waals surface area contributed by atoms with E-state index < -0.39 is 0 Å². The molecule has 5 nitrogen and oxygen atoms in total. The fourth-order valence-corrected chi connectivity index (χ4v) is 2.06. The van der Waals surface area contributed by atoms with Gasteiger partial charge in [0.2, 0.25) is 0 Å². The molecule has 0 amide bonds. The van der Waals surface area contributed by atoms with E-state index in [9.17, 15) is 0 Å². The van der Waals surface area contributed by atoms with Crippen LogP contribution in [0.3, 0.4) is 0 Å². The van der Waals surface area contributed by atoms with Crippen LogP contribution in [0.5, 0.6) is 0 Å². The van der Waals surface area contributed by atoms with Crippen molar-refractivity contribution < 1.29 is 0 Å². The zero-order valence-electron chi connectivity index (χ0n) is 9.21. The third-order valence-electron chi connectivity index (χ3n) is 2.62. The third kappa shape index (κ3) is 1.74. The van der Waals surface area contributed by atoms with Crippen LogP contribution in [0.1, 0.15) is 6.92 Å². The fraction of sp³-hybridized carbons (Fsp3) is 0.182. The summed E-state index contributed by atoms with van der Waals surface area (Å²) in [5, 5.41) is 12.5. The van der Waals surface area contributed by atoms with Gasteiger partial charge in [-0.3, -0.25) is 4.68 Å². The molecule has 3 rings (SSSR count). The Morgan fingerprint density at radius 2 is 2.29 bits per heavy atom. The number of halogens is 1. The van der Waals surface area contributed by atoms with E-state index in [2.05, 4.69) is 31.3 Å². The minimum Gasteiger partial charge on any atom is -0.252 e. The van der Waals surface area contributed by atoms with Crippen molar-refractivity contribution in [3.63, 3.8) is 0 Å². The molecule has 0 spiro atoms. The van der Waals surface area contributed by atoms with Gasteiger partial charge in [0.15, 0.2) is 0 Å². The zero-order valence-corrected chi connectivity index (χ0v) is 10.8. The Balaban J connectivity index is 2.19. The molecule has 0 unspecified atom stereocenters. The van der Waals surface area contributed by atoms with Gasteiger partial charge in [0.05, 0.1) is 17.9 Å². The summed E-state index contributed by atoms with van der Waals surface area (Å²) < 4.78 is 4.65. The molecule has 0 aromatic carbocycles. The smallest absolute Gasteiger partial charge is 0.116 e. The lowest BCUT2D eigenvalue weighted by Crippen LogP contribution is -1.93. The summed E-state index contributed by atoms with van der Waals surface area (Å²) in [5.74, 6) is 0. The molecule has 0 aliphatic heterocycles. The van der Waals surface area contributed by atoms with E-state index in [1.165, 1.54) is 0 Å². The lowest BCUT2D eigenvalue weighted by molar-refractivity contribution is 0.627. The standard InChI is InChI=1S/C11H10BrN5/c1-2-16-7-10(14-15-16)9-6-13-17-4-3-8(12)5-11(9)17/h3-7H,2H2,1H3. The number of rotatable bonds is 2. The van der Waals surface area contributed by atoms with Crippen LogP contribution in [0, 0.1) is 0 Å². The number of aromatic nitrogens is 5. The lowest BCUT2D eigenvalue weighted by atomic mass is 10.2. The molecule has 0 aliphatic rings. The molecular formula is C11H10BrN5. The van der Waals surface area contributed by atoms with Crippen LogP contribution in [-0.2, 0) is 6.54 Å². The summed E-state index contributed by atoms with van der Waals surface area (Å²) in [4.78, 5) is 0. The monoisotopic (exact) mass is 291 g/mol. The molecule has 0 aliphatic carbocycles. The van der Waals surface area contributed by atoms with E-state index in [0.29, 0.717) is 0 Å². The van der Waals surface area contributed by atoms with Gasteiger partial charge in [-0.15, -0.1) is 5.10 Å². The van der Waals surface area contributed by atoms with Crippen LogP contribution in [0.25, 0.3) is 16.8 Å². The average molecular weight is 292 g/mol. The second-order valence-corrected chi connectivity index (χ2v) is 4.61. The van der Waals surface area contributed by atoms with Gasteiger partial charge in [-0.25, -0.2) is 4.52 Å². The van der Waals surface area contributed by atoms with Gasteiger partial charge in [0, 0.05) is 22.8 Å². The van der Waals surface area contributed by atoms with Crippen LogP contribution >= 0.6 is 15.9 Å². The van der Waals surface area contributed by atoms with Gasteiger partial charge >= 0.3 is 0 Å². The van der Waals surface area contributed by atoms with Crippen molar-refractivity contribution in [3.05, 3.63) is 35.2 Å². The Labute approximate surface area is 106 Å². The third-order valence-corrected chi connectivity index (χ3v) is 3.12. The highest BCUT2D eigenvalue weighted by Gasteiger charge is 2.10. The van der Waals surface area contributed by atoms with Crippen LogP contribution in [0.4, 0.5) is 0 Å². The van der Waals surface area contributed by atoms with Crippen molar-refractivity contribution in [1.82, 2.24) is 24.6 Å². The van der Waals surface area contributed by atoms with Gasteiger partial charge in [-0.1, -0.05) is 21.1 Å². The van der Waals surface area contributed by atoms with Crippen LogP contribution < -0.4 is 0 Å². The first-order valence-corrected chi connectivity index (χ1v) is 6.10. The second kappa shape index (κ2) is 3.96. The summed E-state index contributed by atoms with van der Waals surface area (Å²) in [5.41, 5.74) is 2.86. The first-order valence-electron chi connectivity index (χ1n) is 5.31. The van der Waals surface area contributed by atoms with Crippen molar-refractivity contribution >= 4 is 21.4 Å². The highest BCUT2D eigenvalue weighted by Crippen LogP contribution is 2.24. The summed E-state index contributed by atoms with van der Waals surface area (Å²) in [7, 11) is 0. The maximum atomic E-state index is 4.29. The molecule has 0 saturated carbocycles. The number of hydrogen-bond donors (Lipinski definition) is 0. The number of hydrogen-bond acceptors (Lipinski definition) is 3. The van der Waals surface area contributed by atoms with Crippen molar-refractivity contribution in [2.75, 3.05) is 0 Å². The van der Waals surface area contributed by atoms with E-state index in [1.54, 1.807) is 4.68 Å². The SMILES string of the molecule is CCn1cc(-c2cnn3ccc(Br)cc23)nn1. The van der Waals surface area contributed by atoms with Crippen LogP contribution in [0.2, 0.25) is 0 Å². The van der Waals surface area contributed by atoms with Gasteiger partial charge in [0.1, 0.15) is 5.69 Å². The fourth-order valence-electron chi connectivity index (χ4n) is 1.73. The number of fused-ring (bicyclic) bond motifs is 1. The molecule has 0 N–H and O–H groups in total. The Kier molecular flexibility index (Phi) is 2.44. The van der Waals surface area contributed by atoms with E-state index in [1.807, 2.05) is 42.2 Å². The second-order valence-electron chi connectivity index (χ2n) is 3.69. The molecule has 0 fully saturated rings. The summed E-state index contributed by atoms with van der Waals surface area (Å²) in [6, 6.07) is 3.97. The van der Waals surface area contributed by atoms with Crippen molar-refractivity contribution in [1.29, 1.82) is 0 Å². The Bertz CT molecular complexity index is 669. The molecule has 0 saturated heterocycles. The van der Waals surface area contributed by atoms with Gasteiger partial charge < -0.3 is 0 Å². The minimum absolute atomic E-state index is 0.815. The van der Waals surface area contributed by atoms with E-state index in [-0.39, 0.29) is 0 Å². The van der Waals surface area contributed by atoms with Gasteiger partial charge in [-0.2, -0.15) is 5.10 Å². The molecule has 3 aromatic heterocycles. The normalized spacial score (nSPS) is 11.2.